The number of benzene rings is 2. The lowest BCUT2D eigenvalue weighted by Crippen LogP contribution is -2.33. The lowest BCUT2D eigenvalue weighted by atomic mass is 10.1. The first-order valence-electron chi connectivity index (χ1n) is 8.74. The van der Waals surface area contributed by atoms with Gasteiger partial charge in [-0.15, -0.1) is 0 Å². The van der Waals surface area contributed by atoms with Gasteiger partial charge in [0.15, 0.2) is 0 Å². The van der Waals surface area contributed by atoms with Gasteiger partial charge < -0.3 is 9.08 Å². The summed E-state index contributed by atoms with van der Waals surface area (Å²) < 4.78 is 41.5. The Morgan fingerprint density at radius 2 is 1.70 bits per heavy atom. The van der Waals surface area contributed by atoms with E-state index in [1.807, 2.05) is 13.8 Å². The van der Waals surface area contributed by atoms with Gasteiger partial charge in [-0.1, -0.05) is 38.1 Å². The van der Waals surface area contributed by atoms with Gasteiger partial charge in [-0.25, -0.2) is 4.39 Å². The van der Waals surface area contributed by atoms with Crippen molar-refractivity contribution in [3.05, 3.63) is 65.5 Å². The molecule has 0 aliphatic rings. The zero-order chi connectivity index (χ0) is 20.0. The lowest BCUT2D eigenvalue weighted by Gasteiger charge is -2.25. The molecule has 0 bridgehead atoms. The van der Waals surface area contributed by atoms with E-state index in [-0.39, 0.29) is 35.7 Å². The number of rotatable bonds is 8. The Morgan fingerprint density at radius 1 is 1.07 bits per heavy atom. The van der Waals surface area contributed by atoms with Crippen molar-refractivity contribution < 1.29 is 21.8 Å². The summed E-state index contributed by atoms with van der Waals surface area (Å²) in [6.07, 6.45) is 0. The maximum atomic E-state index is 13.1. The number of halogens is 1. The molecule has 0 unspecified atom stereocenters. The average Bonchev–Trinajstić information content (AvgIpc) is 2.62. The molecule has 0 heterocycles. The molecule has 0 atom stereocenters. The number of amides is 1. The van der Waals surface area contributed by atoms with Crippen molar-refractivity contribution in [2.45, 2.75) is 33.9 Å². The highest BCUT2D eigenvalue weighted by Gasteiger charge is 2.18. The second kappa shape index (κ2) is 8.99. The molecule has 2 aromatic rings. The van der Waals surface area contributed by atoms with E-state index >= 15 is 0 Å². The van der Waals surface area contributed by atoms with E-state index in [0.29, 0.717) is 6.54 Å². The summed E-state index contributed by atoms with van der Waals surface area (Å²) in [6, 6.07) is 12.7. The van der Waals surface area contributed by atoms with Crippen molar-refractivity contribution in [2.75, 3.05) is 5.75 Å². The van der Waals surface area contributed by atoms with E-state index in [2.05, 4.69) is 0 Å². The van der Waals surface area contributed by atoms with E-state index in [4.69, 9.17) is 4.18 Å². The third kappa shape index (κ3) is 6.36. The lowest BCUT2D eigenvalue weighted by molar-refractivity contribution is -0.135. The molecule has 0 aliphatic carbocycles. The largest absolute Gasteiger partial charge is 0.382 e. The van der Waals surface area contributed by atoms with Crippen LogP contribution in [-0.4, -0.2) is 25.0 Å². The Kier molecular flexibility index (Phi) is 6.96. The molecule has 0 saturated carbocycles. The highest BCUT2D eigenvalue weighted by Crippen LogP contribution is 2.19. The van der Waals surface area contributed by atoms with Gasteiger partial charge >= 0.3 is 10.1 Å². The molecular formula is C20H24FNO4S. The molecule has 0 fully saturated rings. The molecule has 146 valence electrons. The summed E-state index contributed by atoms with van der Waals surface area (Å²) in [6.45, 7) is 5.75. The van der Waals surface area contributed by atoms with E-state index < -0.39 is 10.1 Å². The highest BCUT2D eigenvalue weighted by molar-refractivity contribution is 7.87. The fourth-order valence-electron chi connectivity index (χ4n) is 2.51. The van der Waals surface area contributed by atoms with E-state index in [0.717, 1.165) is 11.1 Å². The Morgan fingerprint density at radius 3 is 2.30 bits per heavy atom. The zero-order valence-corrected chi connectivity index (χ0v) is 16.5. The van der Waals surface area contributed by atoms with Crippen LogP contribution in [0.15, 0.2) is 48.5 Å². The van der Waals surface area contributed by atoms with Crippen molar-refractivity contribution >= 4 is 16.0 Å². The number of nitrogens with zero attached hydrogens (tertiary/aromatic N) is 1. The first-order chi connectivity index (χ1) is 12.7. The Labute approximate surface area is 159 Å². The maximum Gasteiger partial charge on any atom is 0.308 e. The van der Waals surface area contributed by atoms with E-state index in [1.54, 1.807) is 41.3 Å². The second-order valence-corrected chi connectivity index (χ2v) is 8.41. The quantitative estimate of drug-likeness (QED) is 0.641. The molecule has 2 aromatic carbocycles. The summed E-state index contributed by atoms with van der Waals surface area (Å²) in [5, 5.41) is 0. The number of carbonyl (C=O) groups excluding carboxylic acids is 1. The fraction of sp³-hybridized carbons (Fsp3) is 0.350. The summed E-state index contributed by atoms with van der Waals surface area (Å²) in [7, 11) is -3.62. The van der Waals surface area contributed by atoms with Crippen LogP contribution in [-0.2, 0) is 28.0 Å². The molecule has 0 N–H and O–H groups in total. The number of hydrogen-bond donors (Lipinski definition) is 0. The number of hydrogen-bond acceptors (Lipinski definition) is 4. The minimum absolute atomic E-state index is 0.0492. The molecule has 2 rings (SSSR count). The fourth-order valence-corrected chi connectivity index (χ4v) is 3.02. The van der Waals surface area contributed by atoms with Crippen LogP contribution < -0.4 is 4.18 Å². The highest BCUT2D eigenvalue weighted by atomic mass is 32.2. The molecule has 0 saturated heterocycles. The van der Waals surface area contributed by atoms with Crippen molar-refractivity contribution in [1.82, 2.24) is 4.90 Å². The topological polar surface area (TPSA) is 63.7 Å². The third-order valence-electron chi connectivity index (χ3n) is 3.94. The van der Waals surface area contributed by atoms with Crippen LogP contribution in [0.4, 0.5) is 4.39 Å². The summed E-state index contributed by atoms with van der Waals surface area (Å²) in [5.41, 5.74) is 1.56. The normalized spacial score (nSPS) is 11.4. The summed E-state index contributed by atoms with van der Waals surface area (Å²) >= 11 is 0. The van der Waals surface area contributed by atoms with Crippen LogP contribution in [0, 0.1) is 11.7 Å². The number of carbonyl (C=O) groups is 1. The van der Waals surface area contributed by atoms with Gasteiger partial charge in [0.1, 0.15) is 11.6 Å². The molecule has 0 radical (unpaired) electrons. The van der Waals surface area contributed by atoms with Crippen LogP contribution in [0.3, 0.4) is 0 Å². The second-order valence-electron chi connectivity index (χ2n) is 6.55. The zero-order valence-electron chi connectivity index (χ0n) is 15.7. The smallest absolute Gasteiger partial charge is 0.308 e. The van der Waals surface area contributed by atoms with Crippen LogP contribution in [0.25, 0.3) is 0 Å². The van der Waals surface area contributed by atoms with Gasteiger partial charge in [-0.3, -0.25) is 4.79 Å². The summed E-state index contributed by atoms with van der Waals surface area (Å²) in [4.78, 5) is 14.3. The minimum atomic E-state index is -3.62. The van der Waals surface area contributed by atoms with Gasteiger partial charge in [-0.05, 0) is 42.3 Å². The van der Waals surface area contributed by atoms with E-state index in [9.17, 15) is 17.6 Å². The predicted octanol–water partition coefficient (Wildman–Crippen LogP) is 3.74. The maximum absolute atomic E-state index is 13.1. The molecular weight excluding hydrogens is 369 g/mol. The van der Waals surface area contributed by atoms with Crippen molar-refractivity contribution in [3.63, 3.8) is 0 Å². The van der Waals surface area contributed by atoms with E-state index in [1.165, 1.54) is 19.1 Å². The third-order valence-corrected chi connectivity index (χ3v) is 5.09. The van der Waals surface area contributed by atoms with Crippen LogP contribution in [0.2, 0.25) is 0 Å². The Hall–Kier alpha value is -2.41. The molecule has 27 heavy (non-hydrogen) atoms. The van der Waals surface area contributed by atoms with Gasteiger partial charge in [0.05, 0.1) is 5.75 Å². The molecule has 0 aliphatic heterocycles. The van der Waals surface area contributed by atoms with Gasteiger partial charge in [0.25, 0.3) is 0 Å². The van der Waals surface area contributed by atoms with Crippen LogP contribution in [0.1, 0.15) is 31.9 Å². The molecule has 7 heteroatoms. The SMILES string of the molecule is CCS(=O)(=O)Oc1cccc(CN(Cc2ccc(F)cc2)C(=O)C(C)C)c1. The molecule has 5 nitrogen and oxygen atoms in total. The summed E-state index contributed by atoms with van der Waals surface area (Å²) in [5.74, 6) is -0.493. The first-order valence-corrected chi connectivity index (χ1v) is 10.3. The first kappa shape index (κ1) is 20.9. The molecule has 0 spiro atoms. The minimum Gasteiger partial charge on any atom is -0.382 e. The van der Waals surface area contributed by atoms with Crippen molar-refractivity contribution in [1.29, 1.82) is 0 Å². The predicted molar refractivity (Wildman–Crippen MR) is 102 cm³/mol. The average molecular weight is 393 g/mol. The van der Waals surface area contributed by atoms with Crippen LogP contribution >= 0.6 is 0 Å². The molecule has 0 aromatic heterocycles. The molecule has 1 amide bonds. The van der Waals surface area contributed by atoms with Gasteiger partial charge in [-0.2, -0.15) is 8.42 Å². The Bertz CT molecular complexity index is 879. The van der Waals surface area contributed by atoms with Crippen LogP contribution in [0.5, 0.6) is 5.75 Å². The standard InChI is InChI=1S/C20H24FNO4S/c1-4-27(24,25)26-19-7-5-6-17(12-19)14-22(20(23)15(2)3)13-16-8-10-18(21)11-9-16/h5-12,15H,4,13-14H2,1-3H3. The van der Waals surface area contributed by atoms with Crippen molar-refractivity contribution in [3.8, 4) is 5.75 Å². The van der Waals surface area contributed by atoms with Gasteiger partial charge in [0, 0.05) is 19.0 Å². The van der Waals surface area contributed by atoms with Gasteiger partial charge in [0.2, 0.25) is 5.91 Å². The van der Waals surface area contributed by atoms with Crippen molar-refractivity contribution in [2.24, 2.45) is 5.92 Å². The monoisotopic (exact) mass is 393 g/mol. The Balaban J connectivity index is 2.22.